The fourth-order valence-corrected chi connectivity index (χ4v) is 4.08. The van der Waals surface area contributed by atoms with Crippen LogP contribution in [0.5, 0.6) is 0 Å². The minimum absolute atomic E-state index is 0.0109. The first-order chi connectivity index (χ1) is 10.1. The molecule has 2 rings (SSSR count). The van der Waals surface area contributed by atoms with Crippen LogP contribution in [0.3, 0.4) is 0 Å². The standard InChI is InChI=1S/C14H21NO5S2/c1-10(13-5-4-8-20-13)15-12-7-6-11(21(2,16)17)9-14(12)22(3,18)19/h6-7,9-10,13,15H,4-5,8H2,1-3H3/t10-,13-/m0/s1. The number of benzene rings is 1. The van der Waals surface area contributed by atoms with Gasteiger partial charge in [0.2, 0.25) is 0 Å². The quantitative estimate of drug-likeness (QED) is 0.868. The molecular weight excluding hydrogens is 326 g/mol. The molecule has 1 aliphatic heterocycles. The predicted molar refractivity (Wildman–Crippen MR) is 84.7 cm³/mol. The van der Waals surface area contributed by atoms with Crippen molar-refractivity contribution >= 4 is 25.4 Å². The maximum absolute atomic E-state index is 12.0. The molecule has 124 valence electrons. The summed E-state index contributed by atoms with van der Waals surface area (Å²) >= 11 is 0. The lowest BCUT2D eigenvalue weighted by Crippen LogP contribution is -2.30. The number of ether oxygens (including phenoxy) is 1. The van der Waals surface area contributed by atoms with Gasteiger partial charge in [0.05, 0.1) is 21.6 Å². The van der Waals surface area contributed by atoms with Crippen LogP contribution in [0.1, 0.15) is 19.8 Å². The van der Waals surface area contributed by atoms with Crippen LogP contribution in [0.25, 0.3) is 0 Å². The van der Waals surface area contributed by atoms with Gasteiger partial charge in [-0.05, 0) is 38.0 Å². The summed E-state index contributed by atoms with van der Waals surface area (Å²) in [6.07, 6.45) is 4.06. The maximum atomic E-state index is 12.0. The van der Waals surface area contributed by atoms with Crippen LogP contribution in [0.15, 0.2) is 28.0 Å². The van der Waals surface area contributed by atoms with E-state index in [0.717, 1.165) is 25.4 Å². The number of anilines is 1. The summed E-state index contributed by atoms with van der Waals surface area (Å²) in [6.45, 7) is 2.63. The van der Waals surface area contributed by atoms with Crippen LogP contribution in [0, 0.1) is 0 Å². The zero-order valence-corrected chi connectivity index (χ0v) is 14.5. The van der Waals surface area contributed by atoms with Crippen molar-refractivity contribution in [3.8, 4) is 0 Å². The summed E-state index contributed by atoms with van der Waals surface area (Å²) in [4.78, 5) is -0.0245. The molecule has 1 aliphatic rings. The summed E-state index contributed by atoms with van der Waals surface area (Å²) in [6, 6.07) is 4.05. The molecule has 0 aliphatic carbocycles. The fourth-order valence-electron chi connectivity index (χ4n) is 2.49. The van der Waals surface area contributed by atoms with Crippen molar-refractivity contribution in [3.05, 3.63) is 18.2 Å². The van der Waals surface area contributed by atoms with Crippen LogP contribution in [0.4, 0.5) is 5.69 Å². The number of nitrogens with one attached hydrogen (secondary N) is 1. The molecular formula is C14H21NO5S2. The highest BCUT2D eigenvalue weighted by Crippen LogP contribution is 2.27. The van der Waals surface area contributed by atoms with Gasteiger partial charge in [-0.25, -0.2) is 16.8 Å². The topological polar surface area (TPSA) is 89.5 Å². The zero-order chi connectivity index (χ0) is 16.5. The smallest absolute Gasteiger partial charge is 0.177 e. The Hall–Kier alpha value is -1.12. The molecule has 0 aromatic heterocycles. The Morgan fingerprint density at radius 2 is 1.86 bits per heavy atom. The molecule has 1 aromatic rings. The highest BCUT2D eigenvalue weighted by atomic mass is 32.2. The largest absolute Gasteiger partial charge is 0.379 e. The number of hydrogen-bond acceptors (Lipinski definition) is 6. The number of sulfone groups is 2. The van der Waals surface area contributed by atoms with Crippen molar-refractivity contribution in [3.63, 3.8) is 0 Å². The van der Waals surface area contributed by atoms with Crippen LogP contribution < -0.4 is 5.32 Å². The minimum Gasteiger partial charge on any atom is -0.379 e. The van der Waals surface area contributed by atoms with E-state index >= 15 is 0 Å². The molecule has 0 radical (unpaired) electrons. The first-order valence-corrected chi connectivity index (χ1v) is 10.8. The van der Waals surface area contributed by atoms with Crippen LogP contribution in [-0.4, -0.2) is 48.1 Å². The van der Waals surface area contributed by atoms with Gasteiger partial charge >= 0.3 is 0 Å². The van der Waals surface area contributed by atoms with Crippen molar-refractivity contribution in [2.24, 2.45) is 0 Å². The van der Waals surface area contributed by atoms with Gasteiger partial charge in [-0.3, -0.25) is 0 Å². The Morgan fingerprint density at radius 1 is 1.18 bits per heavy atom. The summed E-state index contributed by atoms with van der Waals surface area (Å²) in [7, 11) is -7.02. The van der Waals surface area contributed by atoms with Gasteiger partial charge in [0, 0.05) is 25.2 Å². The van der Waals surface area contributed by atoms with E-state index in [4.69, 9.17) is 4.74 Å². The third kappa shape index (κ3) is 3.99. The molecule has 8 heteroatoms. The molecule has 6 nitrogen and oxygen atoms in total. The lowest BCUT2D eigenvalue weighted by molar-refractivity contribution is 0.0996. The highest BCUT2D eigenvalue weighted by Gasteiger charge is 2.25. The third-order valence-electron chi connectivity index (χ3n) is 3.69. The van der Waals surface area contributed by atoms with E-state index in [1.807, 2.05) is 6.92 Å². The molecule has 1 fully saturated rings. The SMILES string of the molecule is C[C@H](Nc1ccc(S(C)(=O)=O)cc1S(C)(=O)=O)[C@@H]1CCCO1. The average molecular weight is 347 g/mol. The first kappa shape index (κ1) is 17.2. The highest BCUT2D eigenvalue weighted by molar-refractivity contribution is 7.91. The van der Waals surface area contributed by atoms with Crippen molar-refractivity contribution in [2.45, 2.75) is 41.7 Å². The maximum Gasteiger partial charge on any atom is 0.177 e. The van der Waals surface area contributed by atoms with E-state index in [0.29, 0.717) is 12.3 Å². The van der Waals surface area contributed by atoms with Gasteiger partial charge < -0.3 is 10.1 Å². The third-order valence-corrected chi connectivity index (χ3v) is 5.93. The Kier molecular flexibility index (Phi) is 4.84. The summed E-state index contributed by atoms with van der Waals surface area (Å²) in [5.74, 6) is 0. The first-order valence-electron chi connectivity index (χ1n) is 7.01. The number of hydrogen-bond donors (Lipinski definition) is 1. The van der Waals surface area contributed by atoms with Crippen molar-refractivity contribution in [2.75, 3.05) is 24.4 Å². The summed E-state index contributed by atoms with van der Waals surface area (Å²) in [5, 5.41) is 3.14. The monoisotopic (exact) mass is 347 g/mol. The molecule has 0 saturated carbocycles. The Balaban J connectivity index is 2.38. The molecule has 0 bridgehead atoms. The zero-order valence-electron chi connectivity index (χ0n) is 12.9. The van der Waals surface area contributed by atoms with Gasteiger partial charge in [-0.1, -0.05) is 0 Å². The van der Waals surface area contributed by atoms with E-state index in [1.54, 1.807) is 0 Å². The minimum atomic E-state index is -3.55. The van der Waals surface area contributed by atoms with Gasteiger partial charge in [0.15, 0.2) is 19.7 Å². The van der Waals surface area contributed by atoms with Gasteiger partial charge in [0.1, 0.15) is 0 Å². The predicted octanol–water partition coefficient (Wildman–Crippen LogP) is 1.47. The molecule has 0 amide bonds. The fraction of sp³-hybridized carbons (Fsp3) is 0.571. The lowest BCUT2D eigenvalue weighted by atomic mass is 10.1. The molecule has 1 aromatic carbocycles. The second-order valence-corrected chi connectivity index (χ2v) is 9.69. The van der Waals surface area contributed by atoms with Crippen LogP contribution >= 0.6 is 0 Å². The van der Waals surface area contributed by atoms with Gasteiger partial charge in [-0.2, -0.15) is 0 Å². The van der Waals surface area contributed by atoms with E-state index in [9.17, 15) is 16.8 Å². The second kappa shape index (κ2) is 6.17. The Morgan fingerprint density at radius 3 is 2.36 bits per heavy atom. The van der Waals surface area contributed by atoms with Crippen LogP contribution in [0.2, 0.25) is 0 Å². The van der Waals surface area contributed by atoms with Gasteiger partial charge in [0.25, 0.3) is 0 Å². The lowest BCUT2D eigenvalue weighted by Gasteiger charge is -2.22. The average Bonchev–Trinajstić information content (AvgIpc) is 2.90. The summed E-state index contributed by atoms with van der Waals surface area (Å²) in [5.41, 5.74) is 0.401. The van der Waals surface area contributed by atoms with E-state index in [1.165, 1.54) is 18.2 Å². The van der Waals surface area contributed by atoms with Crippen molar-refractivity contribution in [1.82, 2.24) is 0 Å². The Labute approximate surface area is 131 Å². The molecule has 0 spiro atoms. The van der Waals surface area contributed by atoms with E-state index in [-0.39, 0.29) is 21.9 Å². The number of rotatable bonds is 5. The summed E-state index contributed by atoms with van der Waals surface area (Å²) < 4.78 is 52.8. The normalized spacial score (nSPS) is 20.8. The van der Waals surface area contributed by atoms with Gasteiger partial charge in [-0.15, -0.1) is 0 Å². The van der Waals surface area contributed by atoms with E-state index < -0.39 is 19.7 Å². The Bertz CT molecular complexity index is 749. The molecule has 1 saturated heterocycles. The molecule has 22 heavy (non-hydrogen) atoms. The molecule has 1 N–H and O–H groups in total. The van der Waals surface area contributed by atoms with Crippen LogP contribution in [-0.2, 0) is 24.4 Å². The second-order valence-electron chi connectivity index (χ2n) is 5.69. The molecule has 2 atom stereocenters. The molecule has 0 unspecified atom stereocenters. The molecule has 1 heterocycles. The van der Waals surface area contributed by atoms with E-state index in [2.05, 4.69) is 5.32 Å². The van der Waals surface area contributed by atoms with Crippen molar-refractivity contribution < 1.29 is 21.6 Å². The van der Waals surface area contributed by atoms with Crippen molar-refractivity contribution in [1.29, 1.82) is 0 Å².